The van der Waals surface area contributed by atoms with E-state index < -0.39 is 5.60 Å². The lowest BCUT2D eigenvalue weighted by molar-refractivity contribution is 0.0293. The molecular formula is C13H20N4O2. The number of nitrogens with two attached hydrogens (primary N) is 1. The summed E-state index contributed by atoms with van der Waals surface area (Å²) in [6.45, 7) is 6.63. The molecule has 19 heavy (non-hydrogen) atoms. The first-order valence-electron chi connectivity index (χ1n) is 6.19. The molecule has 6 nitrogen and oxygen atoms in total. The molecule has 0 spiro atoms. The lowest BCUT2D eigenvalue weighted by Crippen LogP contribution is -2.35. The van der Waals surface area contributed by atoms with Crippen LogP contribution in [0.1, 0.15) is 27.2 Å². The number of hydrogen-bond donors (Lipinski definition) is 1. The van der Waals surface area contributed by atoms with E-state index in [1.165, 1.54) is 12.4 Å². The van der Waals surface area contributed by atoms with Crippen LogP contribution >= 0.6 is 0 Å². The van der Waals surface area contributed by atoms with Crippen LogP contribution < -0.4 is 5.73 Å². The minimum Gasteiger partial charge on any atom is -0.444 e. The maximum absolute atomic E-state index is 11.8. The van der Waals surface area contributed by atoms with Crippen LogP contribution in [0.25, 0.3) is 0 Å². The first-order chi connectivity index (χ1) is 8.85. The maximum Gasteiger partial charge on any atom is 0.410 e. The molecule has 1 fully saturated rings. The molecule has 0 saturated carbocycles. The fourth-order valence-corrected chi connectivity index (χ4v) is 1.65. The Morgan fingerprint density at radius 1 is 1.58 bits per heavy atom. The van der Waals surface area contributed by atoms with Crippen LogP contribution in [-0.2, 0) is 4.74 Å². The Labute approximate surface area is 113 Å². The van der Waals surface area contributed by atoms with Gasteiger partial charge in [0.25, 0.3) is 0 Å². The molecule has 1 unspecified atom stereocenters. The van der Waals surface area contributed by atoms with E-state index in [9.17, 15) is 4.79 Å². The number of likely N-dealkylation sites (tertiary alicyclic amines) is 1. The molecule has 1 saturated heterocycles. The third kappa shape index (κ3) is 5.00. The zero-order valence-electron chi connectivity index (χ0n) is 11.6. The highest BCUT2D eigenvalue weighted by molar-refractivity contribution is 5.83. The first-order valence-corrected chi connectivity index (χ1v) is 6.19. The third-order valence-electron chi connectivity index (χ3n) is 2.55. The van der Waals surface area contributed by atoms with Crippen molar-refractivity contribution in [2.45, 2.75) is 38.8 Å². The number of nitrogens with zero attached hydrogens (tertiary/aromatic N) is 3. The SMILES string of the molecule is CC(C)(C)OC(=O)N1CCC(N=C/C(C#N)=C\N)C1. The number of allylic oxidation sites excluding steroid dienone is 1. The molecule has 0 aromatic rings. The zero-order valence-corrected chi connectivity index (χ0v) is 11.6. The smallest absolute Gasteiger partial charge is 0.410 e. The van der Waals surface area contributed by atoms with Crippen molar-refractivity contribution >= 4 is 12.3 Å². The molecule has 0 radical (unpaired) electrons. The number of ether oxygens (including phenoxy) is 1. The molecule has 0 bridgehead atoms. The summed E-state index contributed by atoms with van der Waals surface area (Å²) >= 11 is 0. The van der Waals surface area contributed by atoms with E-state index in [4.69, 9.17) is 15.7 Å². The number of rotatable bonds is 2. The summed E-state index contributed by atoms with van der Waals surface area (Å²) in [6, 6.07) is 1.92. The second-order valence-electron chi connectivity index (χ2n) is 5.38. The average molecular weight is 264 g/mol. The molecule has 1 rings (SSSR count). The Hall–Kier alpha value is -2.03. The van der Waals surface area contributed by atoms with Crippen molar-refractivity contribution in [1.29, 1.82) is 5.26 Å². The van der Waals surface area contributed by atoms with Crippen molar-refractivity contribution in [3.8, 4) is 6.07 Å². The van der Waals surface area contributed by atoms with E-state index in [1.54, 1.807) is 4.90 Å². The lowest BCUT2D eigenvalue weighted by atomic mass is 10.2. The molecule has 6 heteroatoms. The number of carbonyl (C=O) groups is 1. The Bertz CT molecular complexity index is 429. The molecule has 0 aromatic heterocycles. The largest absolute Gasteiger partial charge is 0.444 e. The van der Waals surface area contributed by atoms with Crippen LogP contribution in [0.4, 0.5) is 4.79 Å². The highest BCUT2D eigenvalue weighted by Crippen LogP contribution is 2.17. The van der Waals surface area contributed by atoms with Gasteiger partial charge in [0, 0.05) is 25.5 Å². The van der Waals surface area contributed by atoms with Crippen molar-refractivity contribution in [2.24, 2.45) is 10.7 Å². The second-order valence-corrected chi connectivity index (χ2v) is 5.38. The van der Waals surface area contributed by atoms with Crippen LogP contribution in [0.2, 0.25) is 0 Å². The van der Waals surface area contributed by atoms with Gasteiger partial charge in [0.05, 0.1) is 11.6 Å². The van der Waals surface area contributed by atoms with Gasteiger partial charge in [-0.1, -0.05) is 0 Å². The molecule has 104 valence electrons. The Balaban J connectivity index is 2.51. The lowest BCUT2D eigenvalue weighted by Gasteiger charge is -2.24. The summed E-state index contributed by atoms with van der Waals surface area (Å²) in [5.74, 6) is 0. The fraction of sp³-hybridized carbons (Fsp3) is 0.615. The molecule has 1 heterocycles. The number of carbonyl (C=O) groups excluding carboxylic acids is 1. The van der Waals surface area contributed by atoms with E-state index in [2.05, 4.69) is 4.99 Å². The van der Waals surface area contributed by atoms with Gasteiger partial charge in [-0.15, -0.1) is 0 Å². The van der Waals surface area contributed by atoms with E-state index in [-0.39, 0.29) is 12.1 Å². The van der Waals surface area contributed by atoms with Gasteiger partial charge in [-0.2, -0.15) is 5.26 Å². The predicted molar refractivity (Wildman–Crippen MR) is 72.6 cm³/mol. The fourth-order valence-electron chi connectivity index (χ4n) is 1.65. The van der Waals surface area contributed by atoms with E-state index in [1.807, 2.05) is 26.8 Å². The zero-order chi connectivity index (χ0) is 14.5. The van der Waals surface area contributed by atoms with Crippen LogP contribution in [-0.4, -0.2) is 41.9 Å². The summed E-state index contributed by atoms with van der Waals surface area (Å²) in [5.41, 5.74) is 5.08. The van der Waals surface area contributed by atoms with Crippen molar-refractivity contribution in [2.75, 3.05) is 13.1 Å². The first kappa shape index (κ1) is 15.0. The minimum absolute atomic E-state index is 0.00387. The van der Waals surface area contributed by atoms with Crippen molar-refractivity contribution in [1.82, 2.24) is 4.90 Å². The van der Waals surface area contributed by atoms with Gasteiger partial charge in [0.15, 0.2) is 0 Å². The Kier molecular flexibility index (Phi) is 4.93. The quantitative estimate of drug-likeness (QED) is 0.603. The van der Waals surface area contributed by atoms with Crippen LogP contribution in [0, 0.1) is 11.3 Å². The Morgan fingerprint density at radius 3 is 2.79 bits per heavy atom. The Morgan fingerprint density at radius 2 is 2.26 bits per heavy atom. The molecule has 1 aliphatic rings. The molecule has 1 amide bonds. The molecule has 0 aliphatic carbocycles. The number of nitriles is 1. The average Bonchev–Trinajstić information content (AvgIpc) is 2.77. The van der Waals surface area contributed by atoms with Crippen LogP contribution in [0.3, 0.4) is 0 Å². The van der Waals surface area contributed by atoms with Gasteiger partial charge < -0.3 is 15.4 Å². The minimum atomic E-state index is -0.491. The molecule has 1 aliphatic heterocycles. The molecule has 0 aromatic carbocycles. The van der Waals surface area contributed by atoms with Gasteiger partial charge in [-0.25, -0.2) is 4.79 Å². The predicted octanol–water partition coefficient (Wildman–Crippen LogP) is 1.43. The third-order valence-corrected chi connectivity index (χ3v) is 2.55. The van der Waals surface area contributed by atoms with Gasteiger partial charge in [-0.3, -0.25) is 4.99 Å². The van der Waals surface area contributed by atoms with Crippen molar-refractivity contribution < 1.29 is 9.53 Å². The number of aliphatic imine (C=N–C) groups is 1. The van der Waals surface area contributed by atoms with Gasteiger partial charge in [0.2, 0.25) is 0 Å². The van der Waals surface area contributed by atoms with Crippen molar-refractivity contribution in [3.63, 3.8) is 0 Å². The summed E-state index contributed by atoms with van der Waals surface area (Å²) < 4.78 is 5.29. The molecular weight excluding hydrogens is 244 g/mol. The summed E-state index contributed by atoms with van der Waals surface area (Å²) in [4.78, 5) is 17.7. The number of amides is 1. The summed E-state index contributed by atoms with van der Waals surface area (Å²) in [5, 5.41) is 8.69. The maximum atomic E-state index is 11.8. The topological polar surface area (TPSA) is 91.7 Å². The monoisotopic (exact) mass is 264 g/mol. The van der Waals surface area contributed by atoms with Crippen LogP contribution in [0.5, 0.6) is 0 Å². The standard InChI is InChI=1S/C13H20N4O2/c1-13(2,3)19-12(18)17-5-4-11(9-17)16-8-10(6-14)7-15/h6,8,11H,4-5,9,14H2,1-3H3/b10-6-,16-8?. The van der Waals surface area contributed by atoms with E-state index in [0.29, 0.717) is 18.7 Å². The molecule has 2 N–H and O–H groups in total. The normalized spacial score (nSPS) is 20.6. The highest BCUT2D eigenvalue weighted by atomic mass is 16.6. The van der Waals surface area contributed by atoms with Gasteiger partial charge in [0.1, 0.15) is 11.7 Å². The highest BCUT2D eigenvalue weighted by Gasteiger charge is 2.29. The summed E-state index contributed by atoms with van der Waals surface area (Å²) in [7, 11) is 0. The van der Waals surface area contributed by atoms with Gasteiger partial charge >= 0.3 is 6.09 Å². The molecule has 1 atom stereocenters. The summed E-state index contributed by atoms with van der Waals surface area (Å²) in [6.07, 6.45) is 3.10. The van der Waals surface area contributed by atoms with Crippen molar-refractivity contribution in [3.05, 3.63) is 11.8 Å². The van der Waals surface area contributed by atoms with Crippen LogP contribution in [0.15, 0.2) is 16.8 Å². The van der Waals surface area contributed by atoms with E-state index in [0.717, 1.165) is 6.42 Å². The second kappa shape index (κ2) is 6.23. The van der Waals surface area contributed by atoms with E-state index >= 15 is 0 Å². The number of hydrogen-bond acceptors (Lipinski definition) is 5. The van der Waals surface area contributed by atoms with Gasteiger partial charge in [-0.05, 0) is 27.2 Å².